The van der Waals surface area contributed by atoms with Crippen LogP contribution in [0.3, 0.4) is 0 Å². The number of thioether (sulfide) groups is 1. The van der Waals surface area contributed by atoms with Crippen LogP contribution in [-0.4, -0.2) is 11.8 Å². The largest absolute Gasteiger partial charge is 0.327 e. The van der Waals surface area contributed by atoms with Crippen molar-refractivity contribution in [2.24, 2.45) is 23.5 Å². The summed E-state index contributed by atoms with van der Waals surface area (Å²) in [4.78, 5) is 1.47. The molecule has 2 saturated carbocycles. The number of hydrogen-bond donors (Lipinski definition) is 1. The average molecular weight is 259 g/mol. The van der Waals surface area contributed by atoms with E-state index in [2.05, 4.69) is 24.3 Å². The van der Waals surface area contributed by atoms with Crippen LogP contribution < -0.4 is 5.73 Å². The lowest BCUT2D eigenvalue weighted by atomic mass is 9.77. The van der Waals surface area contributed by atoms with Crippen molar-refractivity contribution in [2.75, 3.05) is 5.75 Å². The average Bonchev–Trinajstić information content (AvgIpc) is 3.12. The SMILES string of the molecule is NC(C1CSc2ccccc21)C1CC2CCC1C2. The van der Waals surface area contributed by atoms with E-state index in [-0.39, 0.29) is 0 Å². The van der Waals surface area contributed by atoms with Gasteiger partial charge in [0.05, 0.1) is 0 Å². The van der Waals surface area contributed by atoms with E-state index in [4.69, 9.17) is 5.73 Å². The first-order chi connectivity index (χ1) is 8.83. The van der Waals surface area contributed by atoms with E-state index in [0.29, 0.717) is 12.0 Å². The van der Waals surface area contributed by atoms with Crippen LogP contribution in [0, 0.1) is 17.8 Å². The minimum Gasteiger partial charge on any atom is -0.327 e. The summed E-state index contributed by atoms with van der Waals surface area (Å²) in [6.07, 6.45) is 5.81. The van der Waals surface area contributed by atoms with Crippen LogP contribution >= 0.6 is 11.8 Å². The Kier molecular flexibility index (Phi) is 2.70. The molecule has 4 rings (SSSR count). The van der Waals surface area contributed by atoms with Crippen LogP contribution in [0.4, 0.5) is 0 Å². The van der Waals surface area contributed by atoms with Gasteiger partial charge < -0.3 is 5.73 Å². The molecule has 1 heterocycles. The Morgan fingerprint density at radius 2 is 2.06 bits per heavy atom. The number of benzene rings is 1. The van der Waals surface area contributed by atoms with E-state index in [1.54, 1.807) is 0 Å². The first kappa shape index (κ1) is 11.4. The predicted octanol–water partition coefficient (Wildman–Crippen LogP) is 3.64. The molecule has 1 aromatic rings. The Morgan fingerprint density at radius 3 is 2.83 bits per heavy atom. The lowest BCUT2D eigenvalue weighted by Gasteiger charge is -2.31. The zero-order valence-electron chi connectivity index (χ0n) is 10.7. The quantitative estimate of drug-likeness (QED) is 0.877. The smallest absolute Gasteiger partial charge is 0.0147 e. The van der Waals surface area contributed by atoms with Crippen LogP contribution in [-0.2, 0) is 0 Å². The fourth-order valence-electron chi connectivity index (χ4n) is 4.57. The predicted molar refractivity (Wildman–Crippen MR) is 76.8 cm³/mol. The zero-order valence-corrected chi connectivity index (χ0v) is 11.5. The number of hydrogen-bond acceptors (Lipinski definition) is 2. The standard InChI is InChI=1S/C16H21NS/c17-16(13-8-10-5-6-11(13)7-10)14-9-18-15-4-2-1-3-12(14)15/h1-4,10-11,13-14,16H,5-9,17H2. The maximum Gasteiger partial charge on any atom is 0.0147 e. The second-order valence-corrected chi connectivity index (χ2v) is 7.43. The fraction of sp³-hybridized carbons (Fsp3) is 0.625. The number of nitrogens with two attached hydrogens (primary N) is 1. The summed E-state index contributed by atoms with van der Waals surface area (Å²) >= 11 is 2.00. The Bertz CT molecular complexity index is 458. The summed E-state index contributed by atoms with van der Waals surface area (Å²) in [5, 5.41) is 0. The number of fused-ring (bicyclic) bond motifs is 3. The summed E-state index contributed by atoms with van der Waals surface area (Å²) in [6, 6.07) is 9.28. The molecule has 2 fully saturated rings. The molecule has 2 N–H and O–H groups in total. The molecule has 0 saturated heterocycles. The second-order valence-electron chi connectivity index (χ2n) is 6.37. The van der Waals surface area contributed by atoms with Crippen molar-refractivity contribution in [3.05, 3.63) is 29.8 Å². The number of rotatable bonds is 2. The molecular formula is C16H21NS. The molecule has 3 aliphatic rings. The molecule has 18 heavy (non-hydrogen) atoms. The summed E-state index contributed by atoms with van der Waals surface area (Å²) in [5.74, 6) is 4.57. The maximum atomic E-state index is 6.67. The summed E-state index contributed by atoms with van der Waals surface area (Å²) < 4.78 is 0. The van der Waals surface area contributed by atoms with Crippen LogP contribution in [0.15, 0.2) is 29.2 Å². The Labute approximate surface area is 114 Å². The second kappa shape index (κ2) is 4.28. The van der Waals surface area contributed by atoms with Gasteiger partial charge in [-0.3, -0.25) is 0 Å². The third-order valence-electron chi connectivity index (χ3n) is 5.49. The molecule has 1 aliphatic heterocycles. The molecule has 5 unspecified atom stereocenters. The van der Waals surface area contributed by atoms with Gasteiger partial charge in [-0.15, -0.1) is 11.8 Å². The highest BCUT2D eigenvalue weighted by Crippen LogP contribution is 2.52. The molecule has 96 valence electrons. The van der Waals surface area contributed by atoms with Gasteiger partial charge in [0.25, 0.3) is 0 Å². The van der Waals surface area contributed by atoms with Crippen molar-refractivity contribution in [2.45, 2.75) is 42.5 Å². The van der Waals surface area contributed by atoms with Gasteiger partial charge >= 0.3 is 0 Å². The first-order valence-electron chi connectivity index (χ1n) is 7.30. The lowest BCUT2D eigenvalue weighted by molar-refractivity contribution is 0.263. The molecule has 2 aliphatic carbocycles. The molecule has 1 nitrogen and oxygen atoms in total. The van der Waals surface area contributed by atoms with Crippen LogP contribution in [0.25, 0.3) is 0 Å². The molecule has 5 atom stereocenters. The maximum absolute atomic E-state index is 6.67. The first-order valence-corrected chi connectivity index (χ1v) is 8.29. The summed E-state index contributed by atoms with van der Waals surface area (Å²) in [5.41, 5.74) is 8.20. The molecule has 2 heteroatoms. The van der Waals surface area contributed by atoms with Gasteiger partial charge in [0, 0.05) is 22.6 Å². The molecule has 0 spiro atoms. The van der Waals surface area contributed by atoms with Crippen molar-refractivity contribution in [3.63, 3.8) is 0 Å². The van der Waals surface area contributed by atoms with E-state index in [1.165, 1.54) is 41.9 Å². The van der Waals surface area contributed by atoms with Gasteiger partial charge in [0.15, 0.2) is 0 Å². The van der Waals surface area contributed by atoms with Crippen LogP contribution in [0.5, 0.6) is 0 Å². The van der Waals surface area contributed by atoms with Gasteiger partial charge in [-0.25, -0.2) is 0 Å². The molecule has 2 bridgehead atoms. The third kappa shape index (κ3) is 1.65. The Morgan fingerprint density at radius 1 is 1.17 bits per heavy atom. The van der Waals surface area contributed by atoms with Crippen molar-refractivity contribution >= 4 is 11.8 Å². The van der Waals surface area contributed by atoms with Crippen molar-refractivity contribution in [1.29, 1.82) is 0 Å². The van der Waals surface area contributed by atoms with Crippen molar-refractivity contribution in [1.82, 2.24) is 0 Å². The van der Waals surface area contributed by atoms with Gasteiger partial charge in [-0.2, -0.15) is 0 Å². The summed E-state index contributed by atoms with van der Waals surface area (Å²) in [6.45, 7) is 0. The minimum atomic E-state index is 0.399. The van der Waals surface area contributed by atoms with Gasteiger partial charge in [0.2, 0.25) is 0 Å². The van der Waals surface area contributed by atoms with Crippen molar-refractivity contribution < 1.29 is 0 Å². The van der Waals surface area contributed by atoms with Crippen LogP contribution in [0.1, 0.15) is 37.2 Å². The molecule has 0 aromatic heterocycles. The summed E-state index contributed by atoms with van der Waals surface area (Å²) in [7, 11) is 0. The van der Waals surface area contributed by atoms with E-state index in [9.17, 15) is 0 Å². The topological polar surface area (TPSA) is 26.0 Å². The van der Waals surface area contributed by atoms with Crippen molar-refractivity contribution in [3.8, 4) is 0 Å². The highest BCUT2D eigenvalue weighted by Gasteiger charge is 2.45. The Hall–Kier alpha value is -0.470. The van der Waals surface area contributed by atoms with Crippen LogP contribution in [0.2, 0.25) is 0 Å². The molecule has 0 radical (unpaired) electrons. The minimum absolute atomic E-state index is 0.399. The van der Waals surface area contributed by atoms with E-state index in [0.717, 1.165) is 17.8 Å². The lowest BCUT2D eigenvalue weighted by Crippen LogP contribution is -2.39. The van der Waals surface area contributed by atoms with Gasteiger partial charge in [-0.05, 0) is 48.6 Å². The molecule has 0 amide bonds. The van der Waals surface area contributed by atoms with E-state index >= 15 is 0 Å². The molecular weight excluding hydrogens is 238 g/mol. The van der Waals surface area contributed by atoms with E-state index in [1.807, 2.05) is 11.8 Å². The zero-order chi connectivity index (χ0) is 12.1. The Balaban J connectivity index is 1.58. The monoisotopic (exact) mass is 259 g/mol. The van der Waals surface area contributed by atoms with Gasteiger partial charge in [-0.1, -0.05) is 24.6 Å². The highest BCUT2D eigenvalue weighted by molar-refractivity contribution is 7.99. The van der Waals surface area contributed by atoms with E-state index < -0.39 is 0 Å². The normalized spacial score (nSPS) is 38.9. The molecule has 1 aromatic carbocycles. The fourth-order valence-corrected chi connectivity index (χ4v) is 5.89. The van der Waals surface area contributed by atoms with Gasteiger partial charge in [0.1, 0.15) is 0 Å². The highest BCUT2D eigenvalue weighted by atomic mass is 32.2. The third-order valence-corrected chi connectivity index (χ3v) is 6.70.